The molecule has 3 rings (SSSR count). The molecular formula is C23H27F2N5O4. The number of halogens is 2. The smallest absolute Gasteiger partial charge is 0.258 e. The minimum atomic E-state index is -1.80. The molecule has 0 aliphatic carbocycles. The van der Waals surface area contributed by atoms with Crippen molar-refractivity contribution in [2.45, 2.75) is 50.9 Å². The second-order valence-corrected chi connectivity index (χ2v) is 8.88. The lowest BCUT2D eigenvalue weighted by atomic mass is 9.97. The third kappa shape index (κ3) is 6.66. The van der Waals surface area contributed by atoms with E-state index in [1.54, 1.807) is 12.3 Å². The average Bonchev–Trinajstić information content (AvgIpc) is 3.38. The molecule has 11 heteroatoms. The van der Waals surface area contributed by atoms with Crippen LogP contribution in [-0.4, -0.2) is 53.6 Å². The molecule has 1 aliphatic heterocycles. The van der Waals surface area contributed by atoms with Gasteiger partial charge in [-0.1, -0.05) is 0 Å². The van der Waals surface area contributed by atoms with Crippen LogP contribution < -0.4 is 20.7 Å². The van der Waals surface area contributed by atoms with Crippen LogP contribution in [0.4, 0.5) is 8.78 Å². The maximum Gasteiger partial charge on any atom is 0.258 e. The summed E-state index contributed by atoms with van der Waals surface area (Å²) >= 11 is 0. The second kappa shape index (κ2) is 10.5. The summed E-state index contributed by atoms with van der Waals surface area (Å²) in [6, 6.07) is 3.75. The summed E-state index contributed by atoms with van der Waals surface area (Å²) in [5.74, 6) is -2.47. The van der Waals surface area contributed by atoms with Gasteiger partial charge in [0.05, 0.1) is 11.6 Å². The van der Waals surface area contributed by atoms with E-state index in [9.17, 15) is 28.4 Å². The van der Waals surface area contributed by atoms with Crippen LogP contribution in [0.1, 0.15) is 33.1 Å². The van der Waals surface area contributed by atoms with Gasteiger partial charge in [0, 0.05) is 36.5 Å². The number of aromatic nitrogens is 1. The fraction of sp³-hybridized carbons (Fsp3) is 0.478. The molecular weight excluding hydrogens is 448 g/mol. The molecule has 34 heavy (non-hydrogen) atoms. The minimum Gasteiger partial charge on any atom is -0.483 e. The number of amides is 3. The maximum atomic E-state index is 14.4. The number of hydrogen-bond donors (Lipinski definition) is 4. The maximum absolute atomic E-state index is 14.4. The van der Waals surface area contributed by atoms with Gasteiger partial charge in [-0.05, 0) is 38.8 Å². The number of H-pyrrole nitrogens is 1. The summed E-state index contributed by atoms with van der Waals surface area (Å²) in [4.78, 5) is 39.9. The van der Waals surface area contributed by atoms with Gasteiger partial charge in [-0.15, -0.1) is 0 Å². The van der Waals surface area contributed by atoms with Gasteiger partial charge < -0.3 is 25.7 Å². The first kappa shape index (κ1) is 25.0. The Balaban J connectivity index is 1.63. The Morgan fingerprint density at radius 1 is 1.35 bits per heavy atom. The van der Waals surface area contributed by atoms with Gasteiger partial charge in [-0.2, -0.15) is 5.26 Å². The van der Waals surface area contributed by atoms with Gasteiger partial charge in [0.25, 0.3) is 5.91 Å². The first-order valence-corrected chi connectivity index (χ1v) is 10.9. The van der Waals surface area contributed by atoms with Crippen LogP contribution in [0.15, 0.2) is 24.4 Å². The molecule has 0 radical (unpaired) electrons. The number of hydrogen-bond acceptors (Lipinski definition) is 5. The number of nitriles is 1. The molecule has 3 atom stereocenters. The van der Waals surface area contributed by atoms with Gasteiger partial charge in [0.15, 0.2) is 6.61 Å². The fourth-order valence-electron chi connectivity index (χ4n) is 3.86. The van der Waals surface area contributed by atoms with Crippen molar-refractivity contribution in [3.05, 3.63) is 30.2 Å². The Bertz CT molecular complexity index is 1100. The molecule has 0 bridgehead atoms. The van der Waals surface area contributed by atoms with Crippen LogP contribution in [0.2, 0.25) is 0 Å². The van der Waals surface area contributed by atoms with Crippen molar-refractivity contribution < 1.29 is 27.9 Å². The number of nitrogens with one attached hydrogen (secondary N) is 4. The standard InChI is InChI=1S/C23H27F2N5O4/c1-23(2,25)10-18(22(33)29-15(11-26)7-13-3-5-28-21(13)32)30-20(31)12-34-19-9-14(24)8-17-16(19)4-6-27-17/h4,6,8-9,13,15,18,27H,3,5,7,10,12H2,1-2H3,(H,28,32)(H,29,33)(H,30,31)/t13-,15-,18-/m0/s1. The lowest BCUT2D eigenvalue weighted by Crippen LogP contribution is -2.52. The Kier molecular flexibility index (Phi) is 7.71. The molecule has 1 saturated heterocycles. The number of carbonyl (C=O) groups excluding carboxylic acids is 3. The van der Waals surface area contributed by atoms with Crippen LogP contribution in [0, 0.1) is 23.1 Å². The second-order valence-electron chi connectivity index (χ2n) is 8.88. The number of fused-ring (bicyclic) bond motifs is 1. The predicted octanol–water partition coefficient (Wildman–Crippen LogP) is 1.84. The summed E-state index contributed by atoms with van der Waals surface area (Å²) in [5.41, 5.74) is -1.31. The lowest BCUT2D eigenvalue weighted by Gasteiger charge is -2.25. The van der Waals surface area contributed by atoms with Crippen molar-refractivity contribution in [1.29, 1.82) is 5.26 Å². The van der Waals surface area contributed by atoms with Crippen LogP contribution >= 0.6 is 0 Å². The zero-order chi connectivity index (χ0) is 24.9. The molecule has 1 fully saturated rings. The van der Waals surface area contributed by atoms with E-state index in [2.05, 4.69) is 20.9 Å². The quantitative estimate of drug-likeness (QED) is 0.416. The first-order chi connectivity index (χ1) is 16.1. The zero-order valence-electron chi connectivity index (χ0n) is 18.9. The van der Waals surface area contributed by atoms with E-state index in [0.717, 1.165) is 6.07 Å². The molecule has 1 aliphatic rings. The number of alkyl halides is 1. The first-order valence-electron chi connectivity index (χ1n) is 10.9. The number of rotatable bonds is 10. The van der Waals surface area contributed by atoms with Crippen molar-refractivity contribution in [2.75, 3.05) is 13.2 Å². The SMILES string of the molecule is CC(C)(F)C[C@H](NC(=O)COc1cc(F)cc2[nH]ccc12)C(=O)N[C@H](C#N)C[C@@H]1CCNC1=O. The highest BCUT2D eigenvalue weighted by Gasteiger charge is 2.32. The van der Waals surface area contributed by atoms with Crippen LogP contribution in [0.5, 0.6) is 5.75 Å². The van der Waals surface area contributed by atoms with Crippen molar-refractivity contribution in [3.63, 3.8) is 0 Å². The van der Waals surface area contributed by atoms with E-state index in [1.807, 2.05) is 6.07 Å². The molecule has 3 amide bonds. The fourth-order valence-corrected chi connectivity index (χ4v) is 3.86. The Morgan fingerprint density at radius 3 is 2.76 bits per heavy atom. The number of aromatic amines is 1. The Morgan fingerprint density at radius 2 is 2.12 bits per heavy atom. The lowest BCUT2D eigenvalue weighted by molar-refractivity contribution is -0.131. The topological polar surface area (TPSA) is 136 Å². The molecule has 4 N–H and O–H groups in total. The van der Waals surface area contributed by atoms with Gasteiger partial charge in [0.1, 0.15) is 29.3 Å². The highest BCUT2D eigenvalue weighted by atomic mass is 19.1. The average molecular weight is 475 g/mol. The largest absolute Gasteiger partial charge is 0.483 e. The third-order valence-electron chi connectivity index (χ3n) is 5.45. The summed E-state index contributed by atoms with van der Waals surface area (Å²) in [6.45, 7) is 2.49. The van der Waals surface area contributed by atoms with Crippen LogP contribution in [0.25, 0.3) is 10.9 Å². The predicted molar refractivity (Wildman–Crippen MR) is 119 cm³/mol. The van der Waals surface area contributed by atoms with Crippen molar-refractivity contribution in [2.24, 2.45) is 5.92 Å². The summed E-state index contributed by atoms with van der Waals surface area (Å²) in [7, 11) is 0. The third-order valence-corrected chi connectivity index (χ3v) is 5.45. The molecule has 0 unspecified atom stereocenters. The molecule has 2 heterocycles. The number of ether oxygens (including phenoxy) is 1. The summed E-state index contributed by atoms with van der Waals surface area (Å²) < 4.78 is 33.6. The van der Waals surface area contributed by atoms with Crippen LogP contribution in [0.3, 0.4) is 0 Å². The normalized spacial score (nSPS) is 17.5. The van der Waals surface area contributed by atoms with Gasteiger partial charge in [-0.25, -0.2) is 8.78 Å². The molecule has 1 aromatic carbocycles. The summed E-state index contributed by atoms with van der Waals surface area (Å²) in [5, 5.41) is 17.6. The highest BCUT2D eigenvalue weighted by molar-refractivity contribution is 5.89. The molecule has 182 valence electrons. The van der Waals surface area contributed by atoms with Crippen molar-refractivity contribution in [3.8, 4) is 11.8 Å². The van der Waals surface area contributed by atoms with E-state index < -0.39 is 47.9 Å². The molecule has 0 saturated carbocycles. The molecule has 0 spiro atoms. The molecule has 2 aromatic rings. The van der Waals surface area contributed by atoms with Crippen molar-refractivity contribution in [1.82, 2.24) is 20.9 Å². The van der Waals surface area contributed by atoms with E-state index in [1.165, 1.54) is 19.9 Å². The zero-order valence-corrected chi connectivity index (χ0v) is 18.9. The molecule has 1 aromatic heterocycles. The number of benzene rings is 1. The minimum absolute atomic E-state index is 0.114. The Labute approximate surface area is 195 Å². The van der Waals surface area contributed by atoms with Gasteiger partial charge >= 0.3 is 0 Å². The number of nitrogens with zero attached hydrogens (tertiary/aromatic N) is 1. The van der Waals surface area contributed by atoms with E-state index >= 15 is 0 Å². The summed E-state index contributed by atoms with van der Waals surface area (Å²) in [6.07, 6.45) is 1.91. The van der Waals surface area contributed by atoms with Gasteiger partial charge in [0.2, 0.25) is 11.8 Å². The monoisotopic (exact) mass is 475 g/mol. The van der Waals surface area contributed by atoms with E-state index in [-0.39, 0.29) is 24.5 Å². The molecule has 9 nitrogen and oxygen atoms in total. The van der Waals surface area contributed by atoms with E-state index in [0.29, 0.717) is 23.9 Å². The Hall–Kier alpha value is -3.68. The number of carbonyl (C=O) groups is 3. The van der Waals surface area contributed by atoms with Crippen LogP contribution in [-0.2, 0) is 14.4 Å². The van der Waals surface area contributed by atoms with Gasteiger partial charge in [-0.3, -0.25) is 14.4 Å². The highest BCUT2D eigenvalue weighted by Crippen LogP contribution is 2.26. The van der Waals surface area contributed by atoms with E-state index in [4.69, 9.17) is 4.74 Å². The van der Waals surface area contributed by atoms with Crippen molar-refractivity contribution >= 4 is 28.6 Å².